The van der Waals surface area contributed by atoms with Crippen LogP contribution in [0.1, 0.15) is 15.9 Å². The monoisotopic (exact) mass is 251 g/mol. The highest BCUT2D eigenvalue weighted by atomic mass is 32.2. The van der Waals surface area contributed by atoms with Crippen LogP contribution in [0.25, 0.3) is 0 Å². The van der Waals surface area contributed by atoms with Crippen molar-refractivity contribution in [2.24, 2.45) is 0 Å². The first-order valence-corrected chi connectivity index (χ1v) is 6.33. The van der Waals surface area contributed by atoms with Gasteiger partial charge < -0.3 is 5.11 Å². The van der Waals surface area contributed by atoms with E-state index in [-0.39, 0.29) is 0 Å². The molecule has 0 aliphatic rings. The zero-order chi connectivity index (χ0) is 11.5. The van der Waals surface area contributed by atoms with Crippen molar-refractivity contribution in [1.29, 1.82) is 0 Å². The maximum atomic E-state index is 10.9. The Labute approximate surface area is 101 Å². The summed E-state index contributed by atoms with van der Waals surface area (Å²) in [5.41, 5.74) is 1.44. The quantitative estimate of drug-likeness (QED) is 0.909. The third-order valence-corrected chi connectivity index (χ3v) is 3.86. The Morgan fingerprint density at radius 3 is 2.88 bits per heavy atom. The summed E-state index contributed by atoms with van der Waals surface area (Å²) in [5.74, 6) is -0.893. The zero-order valence-electron chi connectivity index (χ0n) is 8.51. The molecule has 0 unspecified atom stereocenters. The van der Waals surface area contributed by atoms with Gasteiger partial charge in [-0.05, 0) is 18.6 Å². The van der Waals surface area contributed by atoms with Crippen LogP contribution in [0.3, 0.4) is 0 Å². The van der Waals surface area contributed by atoms with E-state index in [1.165, 1.54) is 23.1 Å². The Balaban J connectivity index is 2.23. The highest BCUT2D eigenvalue weighted by Crippen LogP contribution is 2.31. The number of thiophene rings is 1. The molecule has 82 valence electrons. The average molecular weight is 251 g/mol. The first-order chi connectivity index (χ1) is 7.66. The second-order valence-electron chi connectivity index (χ2n) is 3.23. The number of pyridine rings is 1. The topological polar surface area (TPSA) is 50.2 Å². The van der Waals surface area contributed by atoms with Crippen LogP contribution in [0.5, 0.6) is 0 Å². The molecular formula is C11H9NO2S2. The highest BCUT2D eigenvalue weighted by molar-refractivity contribution is 7.99. The van der Waals surface area contributed by atoms with Crippen LogP contribution in [0.2, 0.25) is 0 Å². The first-order valence-electron chi connectivity index (χ1n) is 4.57. The van der Waals surface area contributed by atoms with E-state index in [0.29, 0.717) is 5.56 Å². The molecule has 2 aromatic heterocycles. The number of carboxylic acids is 1. The van der Waals surface area contributed by atoms with Crippen LogP contribution in [0.4, 0.5) is 0 Å². The number of carbonyl (C=O) groups is 1. The van der Waals surface area contributed by atoms with E-state index < -0.39 is 5.97 Å². The molecule has 5 heteroatoms. The normalized spacial score (nSPS) is 10.3. The number of carboxylic acid groups (broad SMARTS) is 1. The summed E-state index contributed by atoms with van der Waals surface area (Å²) < 4.78 is 0. The van der Waals surface area contributed by atoms with Crippen molar-refractivity contribution >= 4 is 29.1 Å². The Bertz CT molecular complexity index is 505. The van der Waals surface area contributed by atoms with Crippen LogP contribution in [0, 0.1) is 6.92 Å². The van der Waals surface area contributed by atoms with Gasteiger partial charge in [-0.1, -0.05) is 17.8 Å². The molecule has 0 amide bonds. The summed E-state index contributed by atoms with van der Waals surface area (Å²) in [5, 5.41) is 13.2. The van der Waals surface area contributed by atoms with Crippen LogP contribution in [-0.2, 0) is 0 Å². The van der Waals surface area contributed by atoms with Gasteiger partial charge in [-0.15, -0.1) is 0 Å². The van der Waals surface area contributed by atoms with Crippen LogP contribution < -0.4 is 0 Å². The number of aromatic nitrogens is 1. The maximum absolute atomic E-state index is 10.9. The standard InChI is InChI=1S/C11H9NO2S2/c1-7-2-3-10(12-4-7)16-9-6-15-5-8(9)11(13)14/h2-6H,1H3,(H,13,14). The summed E-state index contributed by atoms with van der Waals surface area (Å²) in [6, 6.07) is 3.85. The lowest BCUT2D eigenvalue weighted by atomic mass is 10.3. The molecule has 0 saturated heterocycles. The first kappa shape index (κ1) is 11.2. The summed E-state index contributed by atoms with van der Waals surface area (Å²) in [6.45, 7) is 1.97. The molecule has 1 N–H and O–H groups in total. The number of hydrogen-bond donors (Lipinski definition) is 1. The second kappa shape index (κ2) is 4.67. The number of aryl methyl sites for hydroxylation is 1. The Morgan fingerprint density at radius 1 is 1.44 bits per heavy atom. The number of rotatable bonds is 3. The molecule has 0 aliphatic heterocycles. The fraction of sp³-hybridized carbons (Fsp3) is 0.0909. The highest BCUT2D eigenvalue weighted by Gasteiger charge is 2.12. The van der Waals surface area contributed by atoms with Crippen LogP contribution >= 0.6 is 23.1 Å². The molecule has 0 aliphatic carbocycles. The summed E-state index contributed by atoms with van der Waals surface area (Å²) in [4.78, 5) is 15.9. The molecule has 0 radical (unpaired) electrons. The maximum Gasteiger partial charge on any atom is 0.337 e. The third-order valence-electron chi connectivity index (χ3n) is 1.96. The third kappa shape index (κ3) is 2.43. The lowest BCUT2D eigenvalue weighted by molar-refractivity contribution is 0.0694. The molecule has 0 saturated carbocycles. The predicted molar refractivity (Wildman–Crippen MR) is 64.4 cm³/mol. The van der Waals surface area contributed by atoms with E-state index in [0.717, 1.165) is 15.5 Å². The molecule has 0 aromatic carbocycles. The van der Waals surface area contributed by atoms with E-state index in [9.17, 15) is 4.79 Å². The molecule has 2 rings (SSSR count). The van der Waals surface area contributed by atoms with Crippen molar-refractivity contribution in [3.05, 3.63) is 40.2 Å². The SMILES string of the molecule is Cc1ccc(Sc2cscc2C(=O)O)nc1. The van der Waals surface area contributed by atoms with Crippen molar-refractivity contribution < 1.29 is 9.90 Å². The minimum Gasteiger partial charge on any atom is -0.478 e. The van der Waals surface area contributed by atoms with Gasteiger partial charge in [0.25, 0.3) is 0 Å². The van der Waals surface area contributed by atoms with Gasteiger partial charge >= 0.3 is 5.97 Å². The lowest BCUT2D eigenvalue weighted by Gasteiger charge is -2.00. The predicted octanol–water partition coefficient (Wildman–Crippen LogP) is 3.30. The zero-order valence-corrected chi connectivity index (χ0v) is 10.1. The van der Waals surface area contributed by atoms with E-state index in [1.54, 1.807) is 11.6 Å². The molecule has 2 aromatic rings. The molecular weight excluding hydrogens is 242 g/mol. The van der Waals surface area contributed by atoms with Crippen molar-refractivity contribution in [2.75, 3.05) is 0 Å². The average Bonchev–Trinajstić information content (AvgIpc) is 2.69. The van der Waals surface area contributed by atoms with Gasteiger partial charge in [-0.2, -0.15) is 11.3 Å². The smallest absolute Gasteiger partial charge is 0.337 e. The van der Waals surface area contributed by atoms with E-state index in [1.807, 2.05) is 24.4 Å². The van der Waals surface area contributed by atoms with E-state index >= 15 is 0 Å². The van der Waals surface area contributed by atoms with E-state index in [4.69, 9.17) is 5.11 Å². The van der Waals surface area contributed by atoms with Crippen LogP contribution in [0.15, 0.2) is 39.0 Å². The van der Waals surface area contributed by atoms with Gasteiger partial charge in [0.1, 0.15) is 5.03 Å². The van der Waals surface area contributed by atoms with Crippen molar-refractivity contribution in [3.8, 4) is 0 Å². The number of aromatic carboxylic acids is 1. The van der Waals surface area contributed by atoms with Gasteiger partial charge in [-0.25, -0.2) is 9.78 Å². The van der Waals surface area contributed by atoms with Gasteiger partial charge in [0.05, 0.1) is 5.56 Å². The Morgan fingerprint density at radius 2 is 2.25 bits per heavy atom. The number of hydrogen-bond acceptors (Lipinski definition) is 4. The molecule has 0 fully saturated rings. The van der Waals surface area contributed by atoms with Gasteiger partial charge in [-0.3, -0.25) is 0 Å². The molecule has 16 heavy (non-hydrogen) atoms. The Hall–Kier alpha value is -1.33. The fourth-order valence-electron chi connectivity index (χ4n) is 1.15. The van der Waals surface area contributed by atoms with Crippen LogP contribution in [-0.4, -0.2) is 16.1 Å². The molecule has 0 spiro atoms. The molecule has 2 heterocycles. The van der Waals surface area contributed by atoms with Crippen molar-refractivity contribution in [1.82, 2.24) is 4.98 Å². The van der Waals surface area contributed by atoms with E-state index in [2.05, 4.69) is 4.98 Å². The summed E-state index contributed by atoms with van der Waals surface area (Å²) >= 11 is 2.76. The van der Waals surface area contributed by atoms with Crippen molar-refractivity contribution in [2.45, 2.75) is 16.8 Å². The Kier molecular flexibility index (Phi) is 3.26. The minimum absolute atomic E-state index is 0.345. The minimum atomic E-state index is -0.893. The molecule has 0 bridgehead atoms. The van der Waals surface area contributed by atoms with Crippen molar-refractivity contribution in [3.63, 3.8) is 0 Å². The second-order valence-corrected chi connectivity index (χ2v) is 5.04. The lowest BCUT2D eigenvalue weighted by Crippen LogP contribution is -1.95. The molecule has 3 nitrogen and oxygen atoms in total. The summed E-state index contributed by atoms with van der Waals surface area (Å²) in [7, 11) is 0. The fourth-order valence-corrected chi connectivity index (χ4v) is 2.99. The summed E-state index contributed by atoms with van der Waals surface area (Å²) in [6.07, 6.45) is 1.77. The van der Waals surface area contributed by atoms with Gasteiger partial charge in [0, 0.05) is 21.9 Å². The van der Waals surface area contributed by atoms with Gasteiger partial charge in [0.15, 0.2) is 0 Å². The molecule has 0 atom stereocenters. The largest absolute Gasteiger partial charge is 0.478 e. The van der Waals surface area contributed by atoms with Gasteiger partial charge in [0.2, 0.25) is 0 Å². The number of nitrogens with zero attached hydrogens (tertiary/aromatic N) is 1.